The van der Waals surface area contributed by atoms with Crippen LogP contribution in [-0.4, -0.2) is 29.9 Å². The number of aryl methyl sites for hydroxylation is 1. The second-order valence-electron chi connectivity index (χ2n) is 8.23. The summed E-state index contributed by atoms with van der Waals surface area (Å²) in [5.74, 6) is -0.179. The lowest BCUT2D eigenvalue weighted by Crippen LogP contribution is -2.52. The van der Waals surface area contributed by atoms with Crippen LogP contribution in [0.2, 0.25) is 0 Å². The molecule has 2 aromatic rings. The van der Waals surface area contributed by atoms with Crippen molar-refractivity contribution in [3.63, 3.8) is 0 Å². The van der Waals surface area contributed by atoms with Gasteiger partial charge in [0, 0.05) is 19.6 Å². The summed E-state index contributed by atoms with van der Waals surface area (Å²) in [7, 11) is 0. The highest BCUT2D eigenvalue weighted by Gasteiger charge is 2.40. The van der Waals surface area contributed by atoms with Crippen molar-refractivity contribution < 1.29 is 22.8 Å². The van der Waals surface area contributed by atoms with Crippen molar-refractivity contribution in [3.8, 4) is 0 Å². The first-order chi connectivity index (χ1) is 14.6. The van der Waals surface area contributed by atoms with Crippen molar-refractivity contribution in [2.45, 2.75) is 39.4 Å². The molecule has 2 N–H and O–H groups in total. The Morgan fingerprint density at radius 1 is 1.10 bits per heavy atom. The van der Waals surface area contributed by atoms with E-state index in [1.807, 2.05) is 31.2 Å². The summed E-state index contributed by atoms with van der Waals surface area (Å²) < 4.78 is 39.6. The van der Waals surface area contributed by atoms with Crippen LogP contribution in [0.5, 0.6) is 0 Å². The molecule has 1 aliphatic rings. The lowest BCUT2D eigenvalue weighted by molar-refractivity contribution is -0.137. The third-order valence-electron chi connectivity index (χ3n) is 5.58. The number of urea groups is 1. The quantitative estimate of drug-likeness (QED) is 0.716. The van der Waals surface area contributed by atoms with Crippen LogP contribution in [0.1, 0.15) is 36.5 Å². The zero-order chi connectivity index (χ0) is 22.6. The Morgan fingerprint density at radius 2 is 1.77 bits per heavy atom. The summed E-state index contributed by atoms with van der Waals surface area (Å²) in [5.41, 5.74) is 0.0824. The van der Waals surface area contributed by atoms with E-state index in [4.69, 9.17) is 0 Å². The molecule has 31 heavy (non-hydrogen) atoms. The molecule has 0 saturated carbocycles. The molecule has 1 atom stereocenters. The number of carbonyl (C=O) groups excluding carboxylic acids is 2. The third kappa shape index (κ3) is 5.57. The van der Waals surface area contributed by atoms with Gasteiger partial charge in [0.05, 0.1) is 16.7 Å². The predicted molar refractivity (Wildman–Crippen MR) is 112 cm³/mol. The average molecular weight is 433 g/mol. The molecule has 8 heteroatoms. The standard InChI is InChI=1S/C23H26F3N3O2/c1-16-8-10-17(11-9-16)14-27-20(30)22(2)12-5-13-29(15-22)21(31)28-19-7-4-3-6-18(19)23(24,25)26/h3-4,6-11H,5,12-15H2,1-2H3,(H,27,30)(H,28,31)/t22-/m1/s1. The SMILES string of the molecule is Cc1ccc(CNC(=O)[C@]2(C)CCCN(C(=O)Nc3ccccc3C(F)(F)F)C2)cc1. The van der Waals surface area contributed by atoms with Gasteiger partial charge in [0.1, 0.15) is 0 Å². The first-order valence-electron chi connectivity index (χ1n) is 10.1. The highest BCUT2D eigenvalue weighted by Crippen LogP contribution is 2.35. The van der Waals surface area contributed by atoms with Crippen molar-refractivity contribution in [2.75, 3.05) is 18.4 Å². The molecule has 5 nitrogen and oxygen atoms in total. The lowest BCUT2D eigenvalue weighted by atomic mass is 9.81. The highest BCUT2D eigenvalue weighted by molar-refractivity contribution is 5.91. The number of likely N-dealkylation sites (tertiary alicyclic amines) is 1. The van der Waals surface area contributed by atoms with Crippen LogP contribution in [0.15, 0.2) is 48.5 Å². The van der Waals surface area contributed by atoms with Crippen LogP contribution in [0.3, 0.4) is 0 Å². The first kappa shape index (κ1) is 22.7. The smallest absolute Gasteiger partial charge is 0.351 e. The van der Waals surface area contributed by atoms with Gasteiger partial charge in [-0.3, -0.25) is 4.79 Å². The van der Waals surface area contributed by atoms with Gasteiger partial charge < -0.3 is 15.5 Å². The molecule has 3 rings (SSSR count). The number of halogens is 3. The predicted octanol–water partition coefficient (Wildman–Crippen LogP) is 4.96. The van der Waals surface area contributed by atoms with Gasteiger partial charge in [-0.1, -0.05) is 42.0 Å². The van der Waals surface area contributed by atoms with Crippen LogP contribution in [0.4, 0.5) is 23.7 Å². The molecule has 0 aliphatic carbocycles. The van der Waals surface area contributed by atoms with E-state index in [-0.39, 0.29) is 18.1 Å². The number of hydrogen-bond donors (Lipinski definition) is 2. The molecule has 1 heterocycles. The van der Waals surface area contributed by atoms with Crippen molar-refractivity contribution in [1.29, 1.82) is 0 Å². The zero-order valence-corrected chi connectivity index (χ0v) is 17.6. The monoisotopic (exact) mass is 433 g/mol. The third-order valence-corrected chi connectivity index (χ3v) is 5.58. The van der Waals surface area contributed by atoms with Crippen molar-refractivity contribution in [3.05, 3.63) is 65.2 Å². The maximum atomic E-state index is 13.2. The Balaban J connectivity index is 1.64. The summed E-state index contributed by atoms with van der Waals surface area (Å²) in [5, 5.41) is 5.28. The number of carbonyl (C=O) groups is 2. The molecular formula is C23H26F3N3O2. The fourth-order valence-corrected chi connectivity index (χ4v) is 3.73. The maximum Gasteiger partial charge on any atom is 0.418 e. The number of piperidine rings is 1. The zero-order valence-electron chi connectivity index (χ0n) is 17.6. The Kier molecular flexibility index (Phi) is 6.57. The summed E-state index contributed by atoms with van der Waals surface area (Å²) in [6.07, 6.45) is -3.39. The van der Waals surface area contributed by atoms with Crippen LogP contribution in [-0.2, 0) is 17.5 Å². The fourth-order valence-electron chi connectivity index (χ4n) is 3.73. The number of rotatable bonds is 4. The molecule has 1 aliphatic heterocycles. The minimum atomic E-state index is -4.57. The molecule has 2 aromatic carbocycles. The Labute approximate surface area is 179 Å². The Morgan fingerprint density at radius 3 is 2.45 bits per heavy atom. The molecule has 0 bridgehead atoms. The van der Waals surface area contributed by atoms with E-state index in [0.29, 0.717) is 25.9 Å². The average Bonchev–Trinajstić information content (AvgIpc) is 2.72. The van der Waals surface area contributed by atoms with Crippen molar-refractivity contribution >= 4 is 17.6 Å². The molecule has 0 aromatic heterocycles. The van der Waals surface area contributed by atoms with Crippen LogP contribution >= 0.6 is 0 Å². The summed E-state index contributed by atoms with van der Waals surface area (Å²) >= 11 is 0. The van der Waals surface area contributed by atoms with E-state index < -0.39 is 23.2 Å². The first-order valence-corrected chi connectivity index (χ1v) is 10.1. The largest absolute Gasteiger partial charge is 0.418 e. The minimum absolute atomic E-state index is 0.132. The van der Waals surface area contributed by atoms with E-state index >= 15 is 0 Å². The number of anilines is 1. The second-order valence-corrected chi connectivity index (χ2v) is 8.23. The topological polar surface area (TPSA) is 61.4 Å². The molecule has 0 spiro atoms. The van der Waals surface area contributed by atoms with Crippen molar-refractivity contribution in [2.24, 2.45) is 5.41 Å². The van der Waals surface area contributed by atoms with Crippen molar-refractivity contribution in [1.82, 2.24) is 10.2 Å². The van der Waals surface area contributed by atoms with Gasteiger partial charge in [0.25, 0.3) is 0 Å². The molecular weight excluding hydrogens is 407 g/mol. The van der Waals surface area contributed by atoms with Crippen LogP contribution in [0.25, 0.3) is 0 Å². The number of para-hydroxylation sites is 1. The van der Waals surface area contributed by atoms with E-state index in [1.165, 1.54) is 23.1 Å². The van der Waals surface area contributed by atoms with E-state index in [1.54, 1.807) is 6.92 Å². The molecule has 166 valence electrons. The van der Waals surface area contributed by atoms with Crippen LogP contribution in [0, 0.1) is 12.3 Å². The normalized spacial score (nSPS) is 19.1. The second kappa shape index (κ2) is 8.99. The number of amides is 3. The number of benzene rings is 2. The van der Waals surface area contributed by atoms with Gasteiger partial charge in [0.15, 0.2) is 0 Å². The molecule has 0 unspecified atom stereocenters. The number of nitrogens with zero attached hydrogens (tertiary/aromatic N) is 1. The van der Waals surface area contributed by atoms with E-state index in [2.05, 4.69) is 10.6 Å². The van der Waals surface area contributed by atoms with E-state index in [0.717, 1.165) is 17.2 Å². The number of alkyl halides is 3. The fraction of sp³-hybridized carbons (Fsp3) is 0.391. The Hall–Kier alpha value is -3.03. The molecule has 3 amide bonds. The molecule has 1 saturated heterocycles. The molecule has 0 radical (unpaired) electrons. The summed E-state index contributed by atoms with van der Waals surface area (Å²) in [4.78, 5) is 26.9. The summed E-state index contributed by atoms with van der Waals surface area (Å²) in [6, 6.07) is 12.0. The number of nitrogens with one attached hydrogen (secondary N) is 2. The Bertz CT molecular complexity index is 944. The minimum Gasteiger partial charge on any atom is -0.351 e. The summed E-state index contributed by atoms with van der Waals surface area (Å²) in [6.45, 7) is 4.65. The maximum absolute atomic E-state index is 13.2. The van der Waals surface area contributed by atoms with Gasteiger partial charge in [0.2, 0.25) is 5.91 Å². The van der Waals surface area contributed by atoms with Gasteiger partial charge in [-0.25, -0.2) is 4.79 Å². The van der Waals surface area contributed by atoms with Gasteiger partial charge in [-0.2, -0.15) is 13.2 Å². The molecule has 1 fully saturated rings. The highest BCUT2D eigenvalue weighted by atomic mass is 19.4. The number of hydrogen-bond acceptors (Lipinski definition) is 2. The van der Waals surface area contributed by atoms with Gasteiger partial charge in [-0.05, 0) is 44.4 Å². The van der Waals surface area contributed by atoms with E-state index in [9.17, 15) is 22.8 Å². The van der Waals surface area contributed by atoms with Crippen LogP contribution < -0.4 is 10.6 Å². The lowest BCUT2D eigenvalue weighted by Gasteiger charge is -2.39. The van der Waals surface area contributed by atoms with Gasteiger partial charge in [-0.15, -0.1) is 0 Å². The van der Waals surface area contributed by atoms with Gasteiger partial charge >= 0.3 is 12.2 Å².